The number of halogens is 1. The molecule has 2 aromatic carbocycles. The summed E-state index contributed by atoms with van der Waals surface area (Å²) in [6.07, 6.45) is 2.32. The third-order valence-electron chi connectivity index (χ3n) is 4.49. The fourth-order valence-corrected chi connectivity index (χ4v) is 3.35. The predicted molar refractivity (Wildman–Crippen MR) is 105 cm³/mol. The van der Waals surface area contributed by atoms with E-state index in [0.717, 1.165) is 18.4 Å². The van der Waals surface area contributed by atoms with Crippen LogP contribution in [0.4, 0.5) is 16.2 Å². The van der Waals surface area contributed by atoms with Crippen LogP contribution in [-0.2, 0) is 4.79 Å². The van der Waals surface area contributed by atoms with Gasteiger partial charge in [-0.1, -0.05) is 30.7 Å². The Balaban J connectivity index is 1.66. The number of rotatable bonds is 4. The third kappa shape index (κ3) is 4.35. The van der Waals surface area contributed by atoms with E-state index in [4.69, 9.17) is 11.6 Å². The van der Waals surface area contributed by atoms with Gasteiger partial charge < -0.3 is 15.5 Å². The molecule has 3 amide bonds. The lowest BCUT2D eigenvalue weighted by atomic mass is 10.1. The smallest absolute Gasteiger partial charge is 0.322 e. The summed E-state index contributed by atoms with van der Waals surface area (Å²) in [7, 11) is 0. The molecule has 0 spiro atoms. The highest BCUT2D eigenvalue weighted by molar-refractivity contribution is 6.30. The highest BCUT2D eigenvalue weighted by atomic mass is 35.5. The van der Waals surface area contributed by atoms with Crippen LogP contribution in [0.5, 0.6) is 0 Å². The molecule has 1 atom stereocenters. The van der Waals surface area contributed by atoms with Crippen molar-refractivity contribution in [1.82, 2.24) is 4.90 Å². The van der Waals surface area contributed by atoms with Gasteiger partial charge in [0.2, 0.25) is 5.91 Å². The molecule has 26 heavy (non-hydrogen) atoms. The second-order valence-electron chi connectivity index (χ2n) is 6.32. The molecule has 2 aromatic rings. The Bertz CT molecular complexity index is 792. The van der Waals surface area contributed by atoms with Gasteiger partial charge in [-0.2, -0.15) is 0 Å². The number of hydrogen-bond donors (Lipinski definition) is 2. The van der Waals surface area contributed by atoms with Crippen LogP contribution in [0, 0.1) is 0 Å². The Kier molecular flexibility index (Phi) is 5.78. The van der Waals surface area contributed by atoms with E-state index in [1.54, 1.807) is 31.2 Å². The maximum Gasteiger partial charge on any atom is 0.322 e. The number of anilines is 2. The van der Waals surface area contributed by atoms with Crippen molar-refractivity contribution in [2.24, 2.45) is 0 Å². The fraction of sp³-hybridized carbons (Fsp3) is 0.300. The van der Waals surface area contributed by atoms with Crippen molar-refractivity contribution < 1.29 is 9.59 Å². The zero-order chi connectivity index (χ0) is 18.5. The maximum atomic E-state index is 12.7. The van der Waals surface area contributed by atoms with E-state index < -0.39 is 0 Å². The minimum Gasteiger partial charge on any atom is -0.326 e. The minimum absolute atomic E-state index is 0.0387. The van der Waals surface area contributed by atoms with E-state index in [1.807, 2.05) is 29.2 Å². The SMILES string of the molecule is CCC(=O)Nc1ccc(NC(=O)N2CCCC2c2cccc(Cl)c2)cc1. The van der Waals surface area contributed by atoms with Crippen LogP contribution in [0.3, 0.4) is 0 Å². The lowest BCUT2D eigenvalue weighted by molar-refractivity contribution is -0.115. The molecule has 136 valence electrons. The summed E-state index contributed by atoms with van der Waals surface area (Å²) < 4.78 is 0. The summed E-state index contributed by atoms with van der Waals surface area (Å²) in [5.41, 5.74) is 2.47. The summed E-state index contributed by atoms with van der Waals surface area (Å²) in [5.74, 6) is -0.0387. The van der Waals surface area contributed by atoms with E-state index in [1.165, 1.54) is 0 Å². The van der Waals surface area contributed by atoms with E-state index in [2.05, 4.69) is 10.6 Å². The highest BCUT2D eigenvalue weighted by Crippen LogP contribution is 2.33. The fourth-order valence-electron chi connectivity index (χ4n) is 3.15. The number of nitrogens with one attached hydrogen (secondary N) is 2. The lowest BCUT2D eigenvalue weighted by Crippen LogP contribution is -2.34. The van der Waals surface area contributed by atoms with Gasteiger partial charge in [0.25, 0.3) is 0 Å². The molecule has 0 saturated carbocycles. The second-order valence-corrected chi connectivity index (χ2v) is 6.75. The average molecular weight is 372 g/mol. The first kappa shape index (κ1) is 18.3. The van der Waals surface area contributed by atoms with Crippen molar-refractivity contribution >= 4 is 34.9 Å². The van der Waals surface area contributed by atoms with Crippen LogP contribution in [0.25, 0.3) is 0 Å². The average Bonchev–Trinajstić information content (AvgIpc) is 3.13. The third-order valence-corrected chi connectivity index (χ3v) is 4.72. The van der Waals surface area contributed by atoms with E-state index in [9.17, 15) is 9.59 Å². The normalized spacial score (nSPS) is 16.4. The Hall–Kier alpha value is -2.53. The summed E-state index contributed by atoms with van der Waals surface area (Å²) in [5, 5.41) is 6.40. The van der Waals surface area contributed by atoms with Crippen LogP contribution in [0.15, 0.2) is 48.5 Å². The van der Waals surface area contributed by atoms with Crippen molar-refractivity contribution in [2.45, 2.75) is 32.2 Å². The number of nitrogens with zero attached hydrogens (tertiary/aromatic N) is 1. The molecule has 1 aliphatic heterocycles. The molecule has 2 N–H and O–H groups in total. The zero-order valence-corrected chi connectivity index (χ0v) is 15.4. The molecule has 0 aromatic heterocycles. The number of benzene rings is 2. The molecule has 6 heteroatoms. The summed E-state index contributed by atoms with van der Waals surface area (Å²) >= 11 is 6.09. The van der Waals surface area contributed by atoms with Gasteiger partial charge in [0.15, 0.2) is 0 Å². The van der Waals surface area contributed by atoms with Gasteiger partial charge in [0.1, 0.15) is 0 Å². The van der Waals surface area contributed by atoms with Crippen LogP contribution >= 0.6 is 11.6 Å². The Morgan fingerprint density at radius 1 is 1.12 bits per heavy atom. The molecule has 1 saturated heterocycles. The molecule has 1 heterocycles. The molecule has 0 aliphatic carbocycles. The monoisotopic (exact) mass is 371 g/mol. The van der Waals surface area contributed by atoms with Gasteiger partial charge in [0, 0.05) is 29.4 Å². The number of carbonyl (C=O) groups excluding carboxylic acids is 2. The molecule has 1 fully saturated rings. The number of amides is 3. The second kappa shape index (κ2) is 8.23. The number of urea groups is 1. The first-order chi connectivity index (χ1) is 12.6. The van der Waals surface area contributed by atoms with Crippen LogP contribution in [-0.4, -0.2) is 23.4 Å². The standard InChI is InChI=1S/C20H22ClN3O2/c1-2-19(25)22-16-8-10-17(11-9-16)23-20(26)24-12-4-7-18(24)14-5-3-6-15(21)13-14/h3,5-6,8-11,13,18H,2,4,7,12H2,1H3,(H,22,25)(H,23,26). The van der Waals surface area contributed by atoms with Crippen molar-refractivity contribution in [3.8, 4) is 0 Å². The van der Waals surface area contributed by atoms with E-state index >= 15 is 0 Å². The lowest BCUT2D eigenvalue weighted by Gasteiger charge is -2.25. The molecular weight excluding hydrogens is 350 g/mol. The quantitative estimate of drug-likeness (QED) is 0.789. The summed E-state index contributed by atoms with van der Waals surface area (Å²) in [6, 6.07) is 14.7. The maximum absolute atomic E-state index is 12.7. The molecule has 1 aliphatic rings. The Morgan fingerprint density at radius 2 is 1.81 bits per heavy atom. The molecule has 1 unspecified atom stereocenters. The Morgan fingerprint density at radius 3 is 2.46 bits per heavy atom. The van der Waals surface area contributed by atoms with Crippen LogP contribution in [0.2, 0.25) is 5.02 Å². The van der Waals surface area contributed by atoms with Gasteiger partial charge in [-0.05, 0) is 54.8 Å². The van der Waals surface area contributed by atoms with Crippen molar-refractivity contribution in [2.75, 3.05) is 17.2 Å². The number of hydrogen-bond acceptors (Lipinski definition) is 2. The van der Waals surface area contributed by atoms with Crippen LogP contribution in [0.1, 0.15) is 37.8 Å². The highest BCUT2D eigenvalue weighted by Gasteiger charge is 2.30. The Labute approximate surface area is 158 Å². The van der Waals surface area contributed by atoms with E-state index in [0.29, 0.717) is 29.4 Å². The molecule has 5 nitrogen and oxygen atoms in total. The zero-order valence-electron chi connectivity index (χ0n) is 14.7. The minimum atomic E-state index is -0.127. The number of likely N-dealkylation sites (tertiary alicyclic amines) is 1. The first-order valence-electron chi connectivity index (χ1n) is 8.80. The van der Waals surface area contributed by atoms with Crippen molar-refractivity contribution in [1.29, 1.82) is 0 Å². The van der Waals surface area contributed by atoms with Gasteiger partial charge in [-0.3, -0.25) is 4.79 Å². The summed E-state index contributed by atoms with van der Waals surface area (Å²) in [4.78, 5) is 26.0. The van der Waals surface area contributed by atoms with Gasteiger partial charge in [-0.15, -0.1) is 0 Å². The largest absolute Gasteiger partial charge is 0.326 e. The molecule has 3 rings (SSSR count). The van der Waals surface area contributed by atoms with Gasteiger partial charge in [-0.25, -0.2) is 4.79 Å². The van der Waals surface area contributed by atoms with Crippen molar-refractivity contribution in [3.05, 3.63) is 59.1 Å². The van der Waals surface area contributed by atoms with Gasteiger partial charge >= 0.3 is 6.03 Å². The van der Waals surface area contributed by atoms with Crippen molar-refractivity contribution in [3.63, 3.8) is 0 Å². The van der Waals surface area contributed by atoms with Crippen LogP contribution < -0.4 is 10.6 Å². The summed E-state index contributed by atoms with van der Waals surface area (Å²) in [6.45, 7) is 2.52. The van der Waals surface area contributed by atoms with Gasteiger partial charge in [0.05, 0.1) is 6.04 Å². The first-order valence-corrected chi connectivity index (χ1v) is 9.17. The molecule has 0 bridgehead atoms. The molecule has 0 radical (unpaired) electrons. The topological polar surface area (TPSA) is 61.4 Å². The molecular formula is C20H22ClN3O2. The predicted octanol–water partition coefficient (Wildman–Crippen LogP) is 5.06. The van der Waals surface area contributed by atoms with E-state index in [-0.39, 0.29) is 18.0 Å². The number of carbonyl (C=O) groups is 2.